The number of urea groups is 1. The van der Waals surface area contributed by atoms with Crippen molar-refractivity contribution in [2.24, 2.45) is 0 Å². The molecule has 246 valence electrons. The second kappa shape index (κ2) is 14.4. The highest BCUT2D eigenvalue weighted by molar-refractivity contribution is 6.31. The molecule has 4 heterocycles. The first kappa shape index (κ1) is 32.3. The van der Waals surface area contributed by atoms with Gasteiger partial charge in [0.15, 0.2) is 0 Å². The van der Waals surface area contributed by atoms with E-state index in [0.717, 1.165) is 42.7 Å². The fourth-order valence-corrected chi connectivity index (χ4v) is 7.56. The van der Waals surface area contributed by atoms with Gasteiger partial charge in [-0.1, -0.05) is 42.3 Å². The molecule has 3 fully saturated rings. The molecule has 11 heteroatoms. The SMILES string of the molecule is Cc1ccc(C(=O)N[C@@H](CC(=O)N2CCC(N3Cc4ccccc4NC3=O)CC2)C(=O)N2CCC(N3CCCCC3)CC2)cc1Cl. The lowest BCUT2D eigenvalue weighted by molar-refractivity contribution is -0.140. The normalized spacial score (nSPS) is 20.6. The Morgan fingerprint density at radius 3 is 2.28 bits per heavy atom. The van der Waals surface area contributed by atoms with Gasteiger partial charge in [0.25, 0.3) is 5.91 Å². The fourth-order valence-electron chi connectivity index (χ4n) is 7.38. The Morgan fingerprint density at radius 1 is 0.891 bits per heavy atom. The highest BCUT2D eigenvalue weighted by Gasteiger charge is 2.36. The quantitative estimate of drug-likeness (QED) is 0.455. The lowest BCUT2D eigenvalue weighted by Gasteiger charge is -2.41. The van der Waals surface area contributed by atoms with Crippen LogP contribution >= 0.6 is 11.6 Å². The largest absolute Gasteiger partial charge is 0.342 e. The Morgan fingerprint density at radius 2 is 1.57 bits per heavy atom. The number of nitrogens with one attached hydrogen (secondary N) is 2. The number of likely N-dealkylation sites (tertiary alicyclic amines) is 3. The number of piperidine rings is 3. The van der Waals surface area contributed by atoms with Crippen LogP contribution in [0.4, 0.5) is 10.5 Å². The van der Waals surface area contributed by atoms with E-state index in [0.29, 0.717) is 62.2 Å². The Kier molecular flexibility index (Phi) is 10.1. The third kappa shape index (κ3) is 7.33. The van der Waals surface area contributed by atoms with Gasteiger partial charge in [-0.15, -0.1) is 0 Å². The second-order valence-corrected chi connectivity index (χ2v) is 13.6. The maximum Gasteiger partial charge on any atom is 0.322 e. The number of hydrogen-bond acceptors (Lipinski definition) is 5. The van der Waals surface area contributed by atoms with Crippen LogP contribution in [0, 0.1) is 6.92 Å². The van der Waals surface area contributed by atoms with Gasteiger partial charge in [0.2, 0.25) is 11.8 Å². The lowest BCUT2D eigenvalue weighted by atomic mass is 9.98. The van der Waals surface area contributed by atoms with Crippen molar-refractivity contribution in [3.8, 4) is 0 Å². The summed E-state index contributed by atoms with van der Waals surface area (Å²) >= 11 is 6.30. The molecule has 10 nitrogen and oxygen atoms in total. The van der Waals surface area contributed by atoms with E-state index in [1.807, 2.05) is 41.0 Å². The van der Waals surface area contributed by atoms with E-state index in [2.05, 4.69) is 15.5 Å². The number of para-hydroxylation sites is 1. The van der Waals surface area contributed by atoms with Gasteiger partial charge >= 0.3 is 6.03 Å². The molecule has 2 N–H and O–H groups in total. The Hall–Kier alpha value is -3.63. The lowest BCUT2D eigenvalue weighted by Crippen LogP contribution is -2.55. The molecule has 5 amide bonds. The molecule has 0 aromatic heterocycles. The van der Waals surface area contributed by atoms with Crippen LogP contribution in [0.3, 0.4) is 0 Å². The Labute approximate surface area is 276 Å². The number of anilines is 1. The standard InChI is InChI=1S/C35H45ClN6O4/c1-24-9-10-25(21-29(24)36)33(44)37-31(34(45)41-19-11-27(12-20-41)39-15-5-2-6-16-39)22-32(43)40-17-13-28(14-18-40)42-23-26-7-3-4-8-30(26)38-35(42)46/h3-4,7-10,21,27-28,31H,2,5-6,11-20,22-23H2,1H3,(H,37,44)(H,38,46)/t31-/m0/s1. The zero-order valence-corrected chi connectivity index (χ0v) is 27.4. The van der Waals surface area contributed by atoms with Crippen molar-refractivity contribution in [3.05, 3.63) is 64.2 Å². The van der Waals surface area contributed by atoms with Crippen LogP contribution < -0.4 is 10.6 Å². The van der Waals surface area contributed by atoms with Crippen LogP contribution in [0.1, 0.15) is 72.9 Å². The summed E-state index contributed by atoms with van der Waals surface area (Å²) in [5, 5.41) is 6.35. The number of rotatable bonds is 7. The van der Waals surface area contributed by atoms with Crippen molar-refractivity contribution in [3.63, 3.8) is 0 Å². The van der Waals surface area contributed by atoms with Crippen molar-refractivity contribution >= 4 is 41.0 Å². The molecule has 2 aromatic carbocycles. The number of fused-ring (bicyclic) bond motifs is 1. The molecular formula is C35H45ClN6O4. The molecular weight excluding hydrogens is 604 g/mol. The maximum atomic E-state index is 13.9. The molecule has 0 unspecified atom stereocenters. The van der Waals surface area contributed by atoms with E-state index in [-0.39, 0.29) is 30.3 Å². The predicted octanol–water partition coefficient (Wildman–Crippen LogP) is 4.65. The highest BCUT2D eigenvalue weighted by Crippen LogP contribution is 2.28. The molecule has 0 radical (unpaired) electrons. The van der Waals surface area contributed by atoms with Crippen LogP contribution in [0.25, 0.3) is 0 Å². The molecule has 3 saturated heterocycles. The van der Waals surface area contributed by atoms with E-state index in [1.54, 1.807) is 23.1 Å². The first-order valence-corrected chi connectivity index (χ1v) is 17.2. The number of amides is 5. The molecule has 46 heavy (non-hydrogen) atoms. The number of nitrogens with zero attached hydrogens (tertiary/aromatic N) is 4. The minimum Gasteiger partial charge on any atom is -0.342 e. The first-order chi connectivity index (χ1) is 22.3. The number of carbonyl (C=O) groups is 4. The van der Waals surface area contributed by atoms with Crippen molar-refractivity contribution in [1.82, 2.24) is 24.9 Å². The summed E-state index contributed by atoms with van der Waals surface area (Å²) in [5.41, 5.74) is 3.13. The summed E-state index contributed by atoms with van der Waals surface area (Å²) in [5.74, 6) is -0.808. The van der Waals surface area contributed by atoms with E-state index >= 15 is 0 Å². The van der Waals surface area contributed by atoms with Gasteiger partial charge in [0.1, 0.15) is 6.04 Å². The molecule has 1 atom stereocenters. The maximum absolute atomic E-state index is 13.9. The molecule has 0 spiro atoms. The molecule has 6 rings (SSSR count). The molecule has 0 aliphatic carbocycles. The van der Waals surface area contributed by atoms with Gasteiger partial charge in [-0.05, 0) is 87.9 Å². The van der Waals surface area contributed by atoms with Crippen molar-refractivity contribution in [1.29, 1.82) is 0 Å². The van der Waals surface area contributed by atoms with E-state index in [4.69, 9.17) is 11.6 Å². The van der Waals surface area contributed by atoms with Crippen LogP contribution in [-0.2, 0) is 16.1 Å². The fraction of sp³-hybridized carbons (Fsp3) is 0.543. The van der Waals surface area contributed by atoms with Gasteiger partial charge in [-0.2, -0.15) is 0 Å². The summed E-state index contributed by atoms with van der Waals surface area (Å²) in [7, 11) is 0. The van der Waals surface area contributed by atoms with Gasteiger partial charge in [-0.3, -0.25) is 14.4 Å². The summed E-state index contributed by atoms with van der Waals surface area (Å²) in [6, 6.07) is 12.3. The summed E-state index contributed by atoms with van der Waals surface area (Å²) < 4.78 is 0. The Bertz CT molecular complexity index is 1450. The van der Waals surface area contributed by atoms with E-state index in [9.17, 15) is 19.2 Å². The van der Waals surface area contributed by atoms with Crippen LogP contribution in [0.2, 0.25) is 5.02 Å². The number of carbonyl (C=O) groups excluding carboxylic acids is 4. The third-order valence-electron chi connectivity index (χ3n) is 10.2. The van der Waals surface area contributed by atoms with Crippen molar-refractivity contribution in [2.75, 3.05) is 44.6 Å². The molecule has 4 aliphatic rings. The molecule has 0 bridgehead atoms. The monoisotopic (exact) mass is 648 g/mol. The number of benzene rings is 2. The molecule has 4 aliphatic heterocycles. The zero-order chi connectivity index (χ0) is 32.2. The number of hydrogen-bond donors (Lipinski definition) is 2. The minimum atomic E-state index is -0.978. The zero-order valence-electron chi connectivity index (χ0n) is 26.7. The topological polar surface area (TPSA) is 105 Å². The Balaban J connectivity index is 1.09. The summed E-state index contributed by atoms with van der Waals surface area (Å²) in [4.78, 5) is 61.8. The second-order valence-electron chi connectivity index (χ2n) is 13.2. The van der Waals surface area contributed by atoms with Crippen LogP contribution in [0.15, 0.2) is 42.5 Å². The van der Waals surface area contributed by atoms with Gasteiger partial charge in [-0.25, -0.2) is 4.79 Å². The van der Waals surface area contributed by atoms with Gasteiger partial charge in [0, 0.05) is 61.1 Å². The minimum absolute atomic E-state index is 0.0158. The average molecular weight is 649 g/mol. The smallest absolute Gasteiger partial charge is 0.322 e. The number of aryl methyl sites for hydroxylation is 1. The van der Waals surface area contributed by atoms with E-state index < -0.39 is 11.9 Å². The van der Waals surface area contributed by atoms with Gasteiger partial charge < -0.3 is 30.2 Å². The van der Waals surface area contributed by atoms with Crippen molar-refractivity contribution in [2.45, 2.75) is 83.0 Å². The summed E-state index contributed by atoms with van der Waals surface area (Å²) in [6.07, 6.45) is 6.74. The van der Waals surface area contributed by atoms with Crippen molar-refractivity contribution < 1.29 is 19.2 Å². The molecule has 0 saturated carbocycles. The average Bonchev–Trinajstić information content (AvgIpc) is 3.09. The predicted molar refractivity (Wildman–Crippen MR) is 178 cm³/mol. The first-order valence-electron chi connectivity index (χ1n) is 16.8. The van der Waals surface area contributed by atoms with Gasteiger partial charge in [0.05, 0.1) is 6.42 Å². The number of halogens is 1. The van der Waals surface area contributed by atoms with Crippen LogP contribution in [0.5, 0.6) is 0 Å². The molecule has 2 aromatic rings. The third-order valence-corrected chi connectivity index (χ3v) is 10.6. The summed E-state index contributed by atoms with van der Waals surface area (Å²) in [6.45, 7) is 6.85. The van der Waals surface area contributed by atoms with Crippen LogP contribution in [-0.4, -0.2) is 101 Å². The highest BCUT2D eigenvalue weighted by atomic mass is 35.5. The van der Waals surface area contributed by atoms with E-state index in [1.165, 1.54) is 19.3 Å².